The van der Waals surface area contributed by atoms with Crippen LogP contribution in [0.2, 0.25) is 0 Å². The van der Waals surface area contributed by atoms with E-state index in [-0.39, 0.29) is 0 Å². The molecule has 1 aromatic rings. The summed E-state index contributed by atoms with van der Waals surface area (Å²) in [6.07, 6.45) is 1.05. The predicted molar refractivity (Wildman–Crippen MR) is 73.0 cm³/mol. The zero-order valence-corrected chi connectivity index (χ0v) is 11.6. The van der Waals surface area contributed by atoms with Gasteiger partial charge in [0.05, 0.1) is 11.6 Å². The Balaban J connectivity index is 3.06. The fraction of sp³-hybridized carbons (Fsp3) is 0.562. The van der Waals surface area contributed by atoms with Crippen LogP contribution in [0.25, 0.3) is 0 Å². The van der Waals surface area contributed by atoms with Gasteiger partial charge in [-0.05, 0) is 41.4 Å². The van der Waals surface area contributed by atoms with E-state index in [0.717, 1.165) is 12.0 Å². The highest BCUT2D eigenvalue weighted by atomic mass is 14.3. The first-order chi connectivity index (χ1) is 7.95. The van der Waals surface area contributed by atoms with Crippen molar-refractivity contribution in [2.24, 2.45) is 11.8 Å². The normalized spacial score (nSPS) is 12.8. The molecule has 0 aliphatic carbocycles. The van der Waals surface area contributed by atoms with Crippen molar-refractivity contribution in [1.29, 1.82) is 5.26 Å². The molecule has 0 saturated heterocycles. The molecule has 1 atom stereocenters. The summed E-state index contributed by atoms with van der Waals surface area (Å²) in [6, 6.07) is 8.72. The highest BCUT2D eigenvalue weighted by Crippen LogP contribution is 2.27. The van der Waals surface area contributed by atoms with Crippen molar-refractivity contribution in [2.45, 2.75) is 47.0 Å². The van der Waals surface area contributed by atoms with Crippen LogP contribution in [0.15, 0.2) is 18.2 Å². The van der Waals surface area contributed by atoms with Crippen LogP contribution in [-0.4, -0.2) is 0 Å². The standard InChI is InChI=1S/C16H23N/c1-11(2)8-14-6-7-16(13(5)12(3)4)15(9-14)10-17/h6-7,9,11-13H,8H2,1-5H3. The van der Waals surface area contributed by atoms with Gasteiger partial charge in [0, 0.05) is 0 Å². The smallest absolute Gasteiger partial charge is 0.0994 e. The van der Waals surface area contributed by atoms with Crippen LogP contribution in [0.4, 0.5) is 0 Å². The molecule has 0 amide bonds. The topological polar surface area (TPSA) is 23.8 Å². The summed E-state index contributed by atoms with van der Waals surface area (Å²) < 4.78 is 0. The second-order valence-corrected chi connectivity index (χ2v) is 5.66. The first kappa shape index (κ1) is 13.8. The Bertz CT molecular complexity index is 410. The molecule has 0 bridgehead atoms. The van der Waals surface area contributed by atoms with E-state index in [9.17, 15) is 5.26 Å². The molecule has 1 heteroatoms. The van der Waals surface area contributed by atoms with Crippen molar-refractivity contribution >= 4 is 0 Å². The molecule has 0 spiro atoms. The SMILES string of the molecule is CC(C)Cc1ccc(C(C)C(C)C)c(C#N)c1. The zero-order chi connectivity index (χ0) is 13.0. The van der Waals surface area contributed by atoms with E-state index < -0.39 is 0 Å². The zero-order valence-electron chi connectivity index (χ0n) is 11.6. The van der Waals surface area contributed by atoms with Gasteiger partial charge in [0.25, 0.3) is 0 Å². The molecule has 1 rings (SSSR count). The van der Waals surface area contributed by atoms with Gasteiger partial charge >= 0.3 is 0 Å². The molecule has 0 aliphatic rings. The molecule has 17 heavy (non-hydrogen) atoms. The molecule has 0 radical (unpaired) electrons. The molecule has 0 N–H and O–H groups in total. The van der Waals surface area contributed by atoms with Gasteiger partial charge in [-0.3, -0.25) is 0 Å². The molecule has 1 unspecified atom stereocenters. The number of benzene rings is 1. The van der Waals surface area contributed by atoms with Crippen molar-refractivity contribution in [3.63, 3.8) is 0 Å². The summed E-state index contributed by atoms with van der Waals surface area (Å²) in [5.41, 5.74) is 3.32. The summed E-state index contributed by atoms with van der Waals surface area (Å²) in [4.78, 5) is 0. The summed E-state index contributed by atoms with van der Waals surface area (Å²) in [5, 5.41) is 9.26. The molecular formula is C16H23N. The number of hydrogen-bond donors (Lipinski definition) is 0. The molecule has 1 aromatic carbocycles. The van der Waals surface area contributed by atoms with Crippen molar-refractivity contribution in [1.82, 2.24) is 0 Å². The van der Waals surface area contributed by atoms with Crippen LogP contribution in [0, 0.1) is 23.2 Å². The number of nitriles is 1. The van der Waals surface area contributed by atoms with E-state index >= 15 is 0 Å². The van der Waals surface area contributed by atoms with E-state index in [1.54, 1.807) is 0 Å². The third kappa shape index (κ3) is 3.60. The van der Waals surface area contributed by atoms with Crippen LogP contribution in [0.3, 0.4) is 0 Å². The van der Waals surface area contributed by atoms with Crippen LogP contribution >= 0.6 is 0 Å². The largest absolute Gasteiger partial charge is 0.192 e. The number of rotatable bonds is 4. The molecule has 0 heterocycles. The van der Waals surface area contributed by atoms with Crippen LogP contribution in [-0.2, 0) is 6.42 Å². The quantitative estimate of drug-likeness (QED) is 0.745. The Morgan fingerprint density at radius 1 is 1.12 bits per heavy atom. The second-order valence-electron chi connectivity index (χ2n) is 5.66. The molecule has 1 nitrogen and oxygen atoms in total. The minimum atomic E-state index is 0.442. The van der Waals surface area contributed by atoms with Gasteiger partial charge in [0.15, 0.2) is 0 Å². The minimum absolute atomic E-state index is 0.442. The van der Waals surface area contributed by atoms with Crippen molar-refractivity contribution < 1.29 is 0 Å². The van der Waals surface area contributed by atoms with Gasteiger partial charge < -0.3 is 0 Å². The lowest BCUT2D eigenvalue weighted by atomic mass is 9.86. The Morgan fingerprint density at radius 3 is 2.24 bits per heavy atom. The third-order valence-electron chi connectivity index (χ3n) is 3.37. The highest BCUT2D eigenvalue weighted by Gasteiger charge is 2.14. The van der Waals surface area contributed by atoms with E-state index in [1.807, 2.05) is 0 Å². The van der Waals surface area contributed by atoms with Crippen molar-refractivity contribution in [3.8, 4) is 6.07 Å². The van der Waals surface area contributed by atoms with Crippen LogP contribution in [0.1, 0.15) is 57.2 Å². The van der Waals surface area contributed by atoms with Gasteiger partial charge in [-0.25, -0.2) is 0 Å². The summed E-state index contributed by atoms with van der Waals surface area (Å²) in [5.74, 6) is 1.64. The molecule has 0 saturated carbocycles. The average molecular weight is 229 g/mol. The van der Waals surface area contributed by atoms with Crippen LogP contribution in [0.5, 0.6) is 0 Å². The molecule has 0 aliphatic heterocycles. The Hall–Kier alpha value is -1.29. The second kappa shape index (κ2) is 5.87. The lowest BCUT2D eigenvalue weighted by molar-refractivity contribution is 0.534. The van der Waals surface area contributed by atoms with Gasteiger partial charge in [-0.15, -0.1) is 0 Å². The highest BCUT2D eigenvalue weighted by molar-refractivity contribution is 5.42. The first-order valence-electron chi connectivity index (χ1n) is 6.48. The summed E-state index contributed by atoms with van der Waals surface area (Å²) in [7, 11) is 0. The van der Waals surface area contributed by atoms with Crippen LogP contribution < -0.4 is 0 Å². The van der Waals surface area contributed by atoms with E-state index in [2.05, 4.69) is 58.9 Å². The molecule has 0 aromatic heterocycles. The Kier molecular flexibility index (Phi) is 4.75. The first-order valence-corrected chi connectivity index (χ1v) is 6.48. The van der Waals surface area contributed by atoms with E-state index in [4.69, 9.17) is 0 Å². The lowest BCUT2D eigenvalue weighted by Crippen LogP contribution is -2.05. The predicted octanol–water partition coefficient (Wildman–Crippen LogP) is 4.52. The van der Waals surface area contributed by atoms with Crippen molar-refractivity contribution in [3.05, 3.63) is 34.9 Å². The van der Waals surface area contributed by atoms with Gasteiger partial charge in [0.1, 0.15) is 0 Å². The maximum atomic E-state index is 9.26. The Morgan fingerprint density at radius 2 is 1.76 bits per heavy atom. The Labute approximate surface area is 105 Å². The maximum Gasteiger partial charge on any atom is 0.0994 e. The number of nitrogens with zero attached hydrogens (tertiary/aromatic N) is 1. The van der Waals surface area contributed by atoms with Gasteiger partial charge in [0.2, 0.25) is 0 Å². The lowest BCUT2D eigenvalue weighted by Gasteiger charge is -2.18. The van der Waals surface area contributed by atoms with Crippen molar-refractivity contribution in [2.75, 3.05) is 0 Å². The fourth-order valence-corrected chi connectivity index (χ4v) is 2.05. The summed E-state index contributed by atoms with van der Waals surface area (Å²) >= 11 is 0. The van der Waals surface area contributed by atoms with Gasteiger partial charge in [-0.2, -0.15) is 5.26 Å². The summed E-state index contributed by atoms with van der Waals surface area (Å²) in [6.45, 7) is 11.0. The maximum absolute atomic E-state index is 9.26. The average Bonchev–Trinajstić information content (AvgIpc) is 2.27. The number of hydrogen-bond acceptors (Lipinski definition) is 1. The molecule has 0 fully saturated rings. The van der Waals surface area contributed by atoms with E-state index in [0.29, 0.717) is 17.8 Å². The van der Waals surface area contributed by atoms with Gasteiger partial charge in [-0.1, -0.05) is 46.8 Å². The third-order valence-corrected chi connectivity index (χ3v) is 3.37. The monoisotopic (exact) mass is 229 g/mol. The molecular weight excluding hydrogens is 206 g/mol. The van der Waals surface area contributed by atoms with E-state index in [1.165, 1.54) is 11.1 Å². The molecule has 92 valence electrons. The fourth-order valence-electron chi connectivity index (χ4n) is 2.05. The minimum Gasteiger partial charge on any atom is -0.192 e.